The van der Waals surface area contributed by atoms with E-state index in [0.717, 1.165) is 16.0 Å². The van der Waals surface area contributed by atoms with E-state index in [1.165, 1.54) is 11.3 Å². The number of carbonyl (C=O) groups is 1. The van der Waals surface area contributed by atoms with E-state index in [1.54, 1.807) is 41.5 Å². The second kappa shape index (κ2) is 11.4. The Labute approximate surface area is 239 Å². The molecule has 3 heterocycles. The number of allylic oxidation sites excluding steroid dienone is 1. The van der Waals surface area contributed by atoms with Crippen LogP contribution in [0.1, 0.15) is 38.1 Å². The number of carbonyl (C=O) groups excluding carboxylic acids is 1. The fourth-order valence-electron chi connectivity index (χ4n) is 4.33. The molecule has 0 bridgehead atoms. The van der Waals surface area contributed by atoms with E-state index >= 15 is 0 Å². The number of benzene rings is 2. The lowest BCUT2D eigenvalue weighted by molar-refractivity contribution is -0.140. The summed E-state index contributed by atoms with van der Waals surface area (Å²) in [5, 5.41) is 0.645. The molecule has 200 valence electrons. The summed E-state index contributed by atoms with van der Waals surface area (Å²) in [6.45, 7) is 6.04. The summed E-state index contributed by atoms with van der Waals surface area (Å²) in [4.78, 5) is 33.4. The van der Waals surface area contributed by atoms with Crippen LogP contribution in [0.3, 0.4) is 0 Å². The van der Waals surface area contributed by atoms with Crippen LogP contribution in [0.2, 0.25) is 5.02 Å². The molecule has 1 aliphatic heterocycles. The van der Waals surface area contributed by atoms with Gasteiger partial charge < -0.3 is 9.15 Å². The van der Waals surface area contributed by atoms with Crippen molar-refractivity contribution < 1.29 is 13.9 Å². The van der Waals surface area contributed by atoms with Crippen LogP contribution < -0.4 is 14.9 Å². The highest BCUT2D eigenvalue weighted by Crippen LogP contribution is 2.32. The van der Waals surface area contributed by atoms with Crippen LogP contribution in [-0.2, 0) is 9.53 Å². The average Bonchev–Trinajstić information content (AvgIpc) is 3.51. The number of aromatic nitrogens is 1. The standard InChI is InChI=1S/C30H27ClN2O4S2/c1-17(2)16-36-29(35)26-18(3)32-30-33(27(26)20-7-12-23(38-4)13-8-20)28(34)25(39-30)15-22-11-14-24(37-22)19-5-9-21(31)10-6-19/h5-15,17,27H,16H2,1-4H3. The molecule has 0 saturated heterocycles. The maximum absolute atomic E-state index is 13.8. The van der Waals surface area contributed by atoms with Gasteiger partial charge in [0.05, 0.1) is 28.5 Å². The second-order valence-electron chi connectivity index (χ2n) is 9.56. The third kappa shape index (κ3) is 5.69. The van der Waals surface area contributed by atoms with Crippen molar-refractivity contribution in [3.05, 3.63) is 108 Å². The molecule has 2 aromatic carbocycles. The van der Waals surface area contributed by atoms with Crippen LogP contribution in [0.5, 0.6) is 0 Å². The number of ether oxygens (including phenoxy) is 1. The maximum Gasteiger partial charge on any atom is 0.338 e. The molecule has 5 rings (SSSR count). The molecule has 1 atom stereocenters. The van der Waals surface area contributed by atoms with Gasteiger partial charge in [0.25, 0.3) is 5.56 Å². The van der Waals surface area contributed by atoms with Crippen molar-refractivity contribution in [3.63, 3.8) is 0 Å². The van der Waals surface area contributed by atoms with E-state index < -0.39 is 12.0 Å². The predicted molar refractivity (Wildman–Crippen MR) is 157 cm³/mol. The molecule has 0 spiro atoms. The first-order valence-electron chi connectivity index (χ1n) is 12.4. The van der Waals surface area contributed by atoms with Gasteiger partial charge in [-0.2, -0.15) is 0 Å². The predicted octanol–water partition coefficient (Wildman–Crippen LogP) is 6.07. The largest absolute Gasteiger partial charge is 0.462 e. The smallest absolute Gasteiger partial charge is 0.338 e. The van der Waals surface area contributed by atoms with Gasteiger partial charge >= 0.3 is 5.97 Å². The van der Waals surface area contributed by atoms with E-state index in [4.69, 9.17) is 20.8 Å². The molecule has 0 radical (unpaired) electrons. The van der Waals surface area contributed by atoms with Crippen LogP contribution in [0, 0.1) is 5.92 Å². The van der Waals surface area contributed by atoms with Gasteiger partial charge in [0.15, 0.2) is 4.80 Å². The number of esters is 1. The number of thioether (sulfide) groups is 1. The van der Waals surface area contributed by atoms with Gasteiger partial charge in [0, 0.05) is 21.6 Å². The SMILES string of the molecule is CSc1ccc(C2C(C(=O)OCC(C)C)=C(C)N=c3sc(=Cc4ccc(-c5ccc(Cl)cc5)o4)c(=O)n32)cc1. The zero-order valence-electron chi connectivity index (χ0n) is 21.9. The molecule has 39 heavy (non-hydrogen) atoms. The molecule has 0 N–H and O–H groups in total. The zero-order valence-corrected chi connectivity index (χ0v) is 24.3. The molecular weight excluding hydrogens is 552 g/mol. The topological polar surface area (TPSA) is 73.8 Å². The van der Waals surface area contributed by atoms with E-state index in [2.05, 4.69) is 4.99 Å². The van der Waals surface area contributed by atoms with Gasteiger partial charge in [-0.1, -0.05) is 48.9 Å². The fourth-order valence-corrected chi connectivity index (χ4v) is 5.89. The summed E-state index contributed by atoms with van der Waals surface area (Å²) in [6, 6.07) is 18.3. The number of rotatable bonds is 7. The zero-order chi connectivity index (χ0) is 27.7. The first kappa shape index (κ1) is 27.2. The Morgan fingerprint density at radius 3 is 2.54 bits per heavy atom. The number of hydrogen-bond donors (Lipinski definition) is 0. The lowest BCUT2D eigenvalue weighted by atomic mass is 9.96. The molecule has 6 nitrogen and oxygen atoms in total. The normalized spacial score (nSPS) is 15.4. The van der Waals surface area contributed by atoms with Crippen LogP contribution in [0.4, 0.5) is 0 Å². The van der Waals surface area contributed by atoms with Crippen molar-refractivity contribution in [2.75, 3.05) is 12.9 Å². The third-order valence-corrected chi connectivity index (χ3v) is 8.23. The van der Waals surface area contributed by atoms with Gasteiger partial charge in [-0.15, -0.1) is 11.8 Å². The Kier molecular flexibility index (Phi) is 7.98. The molecule has 0 amide bonds. The molecule has 0 aliphatic carbocycles. The van der Waals surface area contributed by atoms with Crippen molar-refractivity contribution in [3.8, 4) is 11.3 Å². The highest BCUT2D eigenvalue weighted by atomic mass is 35.5. The first-order chi connectivity index (χ1) is 18.7. The first-order valence-corrected chi connectivity index (χ1v) is 14.9. The van der Waals surface area contributed by atoms with Crippen molar-refractivity contribution in [1.82, 2.24) is 4.57 Å². The molecular formula is C30H27ClN2O4S2. The fraction of sp³-hybridized carbons (Fsp3) is 0.233. The van der Waals surface area contributed by atoms with Gasteiger partial charge in [-0.25, -0.2) is 9.79 Å². The Hall–Kier alpha value is -3.33. The highest BCUT2D eigenvalue weighted by Gasteiger charge is 2.33. The minimum Gasteiger partial charge on any atom is -0.462 e. The summed E-state index contributed by atoms with van der Waals surface area (Å²) in [5.41, 5.74) is 2.36. The number of furan rings is 1. The Morgan fingerprint density at radius 2 is 1.87 bits per heavy atom. The summed E-state index contributed by atoms with van der Waals surface area (Å²) >= 11 is 8.90. The number of thiazole rings is 1. The number of halogens is 1. The van der Waals surface area contributed by atoms with Gasteiger partial charge in [0.1, 0.15) is 11.5 Å². The van der Waals surface area contributed by atoms with Crippen LogP contribution >= 0.6 is 34.7 Å². The summed E-state index contributed by atoms with van der Waals surface area (Å²) < 4.78 is 13.7. The second-order valence-corrected chi connectivity index (χ2v) is 11.9. The van der Waals surface area contributed by atoms with Crippen molar-refractivity contribution in [1.29, 1.82) is 0 Å². The molecule has 2 aromatic heterocycles. The van der Waals surface area contributed by atoms with Crippen molar-refractivity contribution in [2.24, 2.45) is 10.9 Å². The van der Waals surface area contributed by atoms with E-state index in [9.17, 15) is 9.59 Å². The van der Waals surface area contributed by atoms with Crippen molar-refractivity contribution in [2.45, 2.75) is 31.7 Å². The van der Waals surface area contributed by atoms with Crippen molar-refractivity contribution >= 4 is 46.7 Å². The third-order valence-electron chi connectivity index (χ3n) is 6.25. The average molecular weight is 579 g/mol. The molecule has 4 aromatic rings. The van der Waals surface area contributed by atoms with Gasteiger partial charge in [0.2, 0.25) is 0 Å². The molecule has 0 fully saturated rings. The van der Waals surface area contributed by atoms with E-state index in [1.807, 2.05) is 68.6 Å². The molecule has 1 aliphatic rings. The molecule has 1 unspecified atom stereocenters. The van der Waals surface area contributed by atoms with Crippen LogP contribution in [0.25, 0.3) is 17.4 Å². The maximum atomic E-state index is 13.8. The summed E-state index contributed by atoms with van der Waals surface area (Å²) in [7, 11) is 0. The Bertz CT molecular complexity index is 1730. The van der Waals surface area contributed by atoms with Gasteiger partial charge in [-0.05, 0) is 73.2 Å². The summed E-state index contributed by atoms with van der Waals surface area (Å²) in [5.74, 6) is 0.931. The minimum atomic E-state index is -0.653. The lowest BCUT2D eigenvalue weighted by Gasteiger charge is -2.25. The lowest BCUT2D eigenvalue weighted by Crippen LogP contribution is -2.40. The monoisotopic (exact) mass is 578 g/mol. The van der Waals surface area contributed by atoms with E-state index in [0.29, 0.717) is 37.1 Å². The van der Waals surface area contributed by atoms with E-state index in [-0.39, 0.29) is 18.1 Å². The van der Waals surface area contributed by atoms with Crippen LogP contribution in [-0.4, -0.2) is 23.4 Å². The number of nitrogens with zero attached hydrogens (tertiary/aromatic N) is 2. The molecule has 9 heteroatoms. The molecule has 0 saturated carbocycles. The highest BCUT2D eigenvalue weighted by molar-refractivity contribution is 7.98. The minimum absolute atomic E-state index is 0.182. The quantitative estimate of drug-likeness (QED) is 0.197. The van der Waals surface area contributed by atoms with Gasteiger partial charge in [-0.3, -0.25) is 9.36 Å². The number of fused-ring (bicyclic) bond motifs is 1. The summed E-state index contributed by atoms with van der Waals surface area (Å²) in [6.07, 6.45) is 3.72. The Balaban J connectivity index is 1.60. The number of hydrogen-bond acceptors (Lipinski definition) is 7. The Morgan fingerprint density at radius 1 is 1.15 bits per heavy atom. The van der Waals surface area contributed by atoms with Crippen LogP contribution in [0.15, 0.2) is 91.0 Å².